The largest absolute Gasteiger partial charge is 0.494 e. The van der Waals surface area contributed by atoms with E-state index in [1.54, 1.807) is 6.92 Å². The number of rotatable bonds is 14. The molecule has 0 spiro atoms. The Hall–Kier alpha value is -2.33. The molecule has 0 fully saturated rings. The second kappa shape index (κ2) is 13.9. The van der Waals surface area contributed by atoms with Gasteiger partial charge < -0.3 is 14.2 Å². The van der Waals surface area contributed by atoms with Crippen LogP contribution in [0.15, 0.2) is 48.5 Å². The van der Waals surface area contributed by atoms with Crippen LogP contribution in [0.4, 0.5) is 0 Å². The van der Waals surface area contributed by atoms with E-state index in [0.29, 0.717) is 6.61 Å². The van der Waals surface area contributed by atoms with Crippen LogP contribution in [-0.4, -0.2) is 25.3 Å². The summed E-state index contributed by atoms with van der Waals surface area (Å²) < 4.78 is 16.8. The fourth-order valence-electron chi connectivity index (χ4n) is 3.29. The molecule has 2 unspecified atom stereocenters. The zero-order valence-corrected chi connectivity index (χ0v) is 19.6. The summed E-state index contributed by atoms with van der Waals surface area (Å²) in [5, 5.41) is 0. The third-order valence-electron chi connectivity index (χ3n) is 5.28. The van der Waals surface area contributed by atoms with E-state index in [9.17, 15) is 4.79 Å². The van der Waals surface area contributed by atoms with Crippen molar-refractivity contribution in [3.63, 3.8) is 0 Å². The fraction of sp³-hybridized carbons (Fsp3) is 0.519. The number of hydrogen-bond acceptors (Lipinski definition) is 4. The zero-order valence-electron chi connectivity index (χ0n) is 19.6. The topological polar surface area (TPSA) is 44.8 Å². The molecule has 0 saturated carbocycles. The lowest BCUT2D eigenvalue weighted by molar-refractivity contribution is -0.161. The van der Waals surface area contributed by atoms with Crippen molar-refractivity contribution in [1.29, 1.82) is 0 Å². The van der Waals surface area contributed by atoms with Crippen LogP contribution in [0, 0.1) is 0 Å². The van der Waals surface area contributed by atoms with Gasteiger partial charge >= 0.3 is 5.97 Å². The Bertz CT molecular complexity index is 752. The lowest BCUT2D eigenvalue weighted by atomic mass is 10.0. The second-order valence-corrected chi connectivity index (χ2v) is 8.00. The summed E-state index contributed by atoms with van der Waals surface area (Å²) in [6.07, 6.45) is 6.22. The third-order valence-corrected chi connectivity index (χ3v) is 5.28. The molecule has 0 aromatic heterocycles. The minimum atomic E-state index is -0.543. The first-order valence-corrected chi connectivity index (χ1v) is 11.7. The van der Waals surface area contributed by atoms with Crippen molar-refractivity contribution in [3.8, 4) is 16.9 Å². The molecule has 4 nitrogen and oxygen atoms in total. The predicted molar refractivity (Wildman–Crippen MR) is 126 cm³/mol. The Kier molecular flexibility index (Phi) is 11.2. The monoisotopic (exact) mass is 426 g/mol. The number of hydrogen-bond donors (Lipinski definition) is 0. The number of ether oxygens (including phenoxy) is 3. The smallest absolute Gasteiger partial charge is 0.335 e. The third kappa shape index (κ3) is 8.74. The Morgan fingerprint density at radius 3 is 2.00 bits per heavy atom. The lowest BCUT2D eigenvalue weighted by Crippen LogP contribution is -2.24. The van der Waals surface area contributed by atoms with E-state index in [2.05, 4.69) is 31.2 Å². The van der Waals surface area contributed by atoms with E-state index >= 15 is 0 Å². The molecule has 2 aromatic rings. The molecule has 0 aliphatic heterocycles. The van der Waals surface area contributed by atoms with Gasteiger partial charge in [-0.3, -0.25) is 0 Å². The highest BCUT2D eigenvalue weighted by Gasteiger charge is 2.18. The maximum atomic E-state index is 12.1. The number of unbranched alkanes of at least 4 members (excludes halogenated alkanes) is 4. The van der Waals surface area contributed by atoms with E-state index in [1.165, 1.54) is 25.7 Å². The summed E-state index contributed by atoms with van der Waals surface area (Å²) in [7, 11) is 0. The van der Waals surface area contributed by atoms with Gasteiger partial charge in [-0.2, -0.15) is 0 Å². The average molecular weight is 427 g/mol. The Balaban J connectivity index is 1.84. The molecule has 31 heavy (non-hydrogen) atoms. The normalized spacial score (nSPS) is 12.9. The SMILES string of the molecule is CCCCCCCOc1ccc(-c2ccc(C(C)OC(=O)C(C)OCCC)cc2)cc1. The maximum absolute atomic E-state index is 12.1. The minimum Gasteiger partial charge on any atom is -0.494 e. The molecular weight excluding hydrogens is 388 g/mol. The highest BCUT2D eigenvalue weighted by atomic mass is 16.6. The molecule has 0 saturated heterocycles. The van der Waals surface area contributed by atoms with Gasteiger partial charge in [-0.25, -0.2) is 4.79 Å². The van der Waals surface area contributed by atoms with Crippen molar-refractivity contribution in [3.05, 3.63) is 54.1 Å². The van der Waals surface area contributed by atoms with E-state index in [0.717, 1.165) is 41.9 Å². The van der Waals surface area contributed by atoms with Gasteiger partial charge in [0.2, 0.25) is 0 Å². The van der Waals surface area contributed by atoms with E-state index in [4.69, 9.17) is 14.2 Å². The molecule has 0 radical (unpaired) electrons. The minimum absolute atomic E-state index is 0.317. The maximum Gasteiger partial charge on any atom is 0.335 e. The zero-order chi connectivity index (χ0) is 22.5. The Morgan fingerprint density at radius 2 is 1.39 bits per heavy atom. The molecule has 2 atom stereocenters. The molecular formula is C27H38O4. The summed E-state index contributed by atoms with van der Waals surface area (Å²) in [6, 6.07) is 16.3. The quantitative estimate of drug-likeness (QED) is 0.238. The summed E-state index contributed by atoms with van der Waals surface area (Å²) in [5.41, 5.74) is 3.21. The second-order valence-electron chi connectivity index (χ2n) is 8.00. The fourth-order valence-corrected chi connectivity index (χ4v) is 3.29. The number of carbonyl (C=O) groups excluding carboxylic acids is 1. The van der Waals surface area contributed by atoms with Crippen molar-refractivity contribution in [2.24, 2.45) is 0 Å². The van der Waals surface area contributed by atoms with Gasteiger partial charge in [-0.15, -0.1) is 0 Å². The molecule has 2 aromatic carbocycles. The highest BCUT2D eigenvalue weighted by Crippen LogP contribution is 2.25. The van der Waals surface area contributed by atoms with E-state index < -0.39 is 6.10 Å². The molecule has 0 aliphatic carbocycles. The summed E-state index contributed by atoms with van der Waals surface area (Å²) in [5.74, 6) is 0.585. The molecule has 0 amide bonds. The first-order chi connectivity index (χ1) is 15.0. The van der Waals surface area contributed by atoms with Crippen LogP contribution in [0.25, 0.3) is 11.1 Å². The van der Waals surface area contributed by atoms with Crippen molar-refractivity contribution in [2.75, 3.05) is 13.2 Å². The van der Waals surface area contributed by atoms with Gasteiger partial charge in [0.1, 0.15) is 11.9 Å². The molecule has 4 heteroatoms. The Labute approximate surface area is 187 Å². The molecule has 2 rings (SSSR count). The molecule has 170 valence electrons. The standard InChI is InChI=1S/C27H38O4/c1-5-7-8-9-10-20-30-26-17-15-25(16-18-26)24-13-11-23(12-14-24)21(3)31-27(28)22(4)29-19-6-2/h11-18,21-22H,5-10,19-20H2,1-4H3. The van der Waals surface area contributed by atoms with Crippen molar-refractivity contribution in [1.82, 2.24) is 0 Å². The first-order valence-electron chi connectivity index (χ1n) is 11.7. The predicted octanol–water partition coefficient (Wildman–Crippen LogP) is 7.12. The Morgan fingerprint density at radius 1 is 0.774 bits per heavy atom. The number of esters is 1. The van der Waals surface area contributed by atoms with Crippen molar-refractivity contribution < 1.29 is 19.0 Å². The number of benzene rings is 2. The van der Waals surface area contributed by atoms with Crippen LogP contribution in [-0.2, 0) is 14.3 Å². The first kappa shape index (κ1) is 24.9. The van der Waals surface area contributed by atoms with Crippen LogP contribution < -0.4 is 4.74 Å². The summed E-state index contributed by atoms with van der Waals surface area (Å²) in [6.45, 7) is 9.19. The van der Waals surface area contributed by atoms with Crippen LogP contribution in [0.3, 0.4) is 0 Å². The lowest BCUT2D eigenvalue weighted by Gasteiger charge is -2.17. The van der Waals surface area contributed by atoms with Crippen molar-refractivity contribution >= 4 is 5.97 Å². The van der Waals surface area contributed by atoms with Gasteiger partial charge in [0.05, 0.1) is 6.61 Å². The summed E-state index contributed by atoms with van der Waals surface area (Å²) in [4.78, 5) is 12.1. The van der Waals surface area contributed by atoms with E-state index in [-0.39, 0.29) is 12.1 Å². The molecule has 0 N–H and O–H groups in total. The van der Waals surface area contributed by atoms with Gasteiger partial charge in [-0.1, -0.05) is 75.9 Å². The number of carbonyl (C=O) groups is 1. The molecule has 0 heterocycles. The van der Waals surface area contributed by atoms with Crippen LogP contribution in [0.1, 0.15) is 77.9 Å². The van der Waals surface area contributed by atoms with Gasteiger partial charge in [0.15, 0.2) is 6.10 Å². The van der Waals surface area contributed by atoms with Gasteiger partial charge in [0.25, 0.3) is 0 Å². The van der Waals surface area contributed by atoms with Gasteiger partial charge in [0, 0.05) is 6.61 Å². The average Bonchev–Trinajstić information content (AvgIpc) is 2.80. The molecule has 0 bridgehead atoms. The summed E-state index contributed by atoms with van der Waals surface area (Å²) >= 11 is 0. The molecule has 0 aliphatic rings. The van der Waals surface area contributed by atoms with E-state index in [1.807, 2.05) is 38.1 Å². The highest BCUT2D eigenvalue weighted by molar-refractivity contribution is 5.74. The van der Waals surface area contributed by atoms with Crippen LogP contribution >= 0.6 is 0 Å². The van der Waals surface area contributed by atoms with Crippen molar-refractivity contribution in [2.45, 2.75) is 78.4 Å². The van der Waals surface area contributed by atoms with Crippen LogP contribution in [0.2, 0.25) is 0 Å². The van der Waals surface area contributed by atoms with Gasteiger partial charge in [-0.05, 0) is 55.5 Å². The van der Waals surface area contributed by atoms with Crippen LogP contribution in [0.5, 0.6) is 5.75 Å².